The van der Waals surface area contributed by atoms with Crippen LogP contribution in [-0.2, 0) is 0 Å². The molecule has 0 unspecified atom stereocenters. The Hall–Kier alpha value is -2.63. The van der Waals surface area contributed by atoms with Crippen LogP contribution in [0.25, 0.3) is 0 Å². The standard InChI is InChI=1S/C19H24N4O2/c1-13(2)14-5-6-16(17(24)12-14)19(25)21-15-7-10-23(11-8-15)18-4-3-9-20-22-18/h3-6,9,12-13,15,24H,7-8,10-11H2,1-2H3,(H,21,25). The van der Waals surface area contributed by atoms with Gasteiger partial charge in [-0.05, 0) is 48.6 Å². The molecule has 1 aromatic heterocycles. The molecule has 0 saturated carbocycles. The number of carbonyl (C=O) groups is 1. The molecule has 1 aliphatic rings. The minimum atomic E-state index is -0.217. The molecule has 0 radical (unpaired) electrons. The fraction of sp³-hybridized carbons (Fsp3) is 0.421. The summed E-state index contributed by atoms with van der Waals surface area (Å²) in [6, 6.07) is 9.20. The van der Waals surface area contributed by atoms with Crippen molar-refractivity contribution in [3.05, 3.63) is 47.7 Å². The van der Waals surface area contributed by atoms with Gasteiger partial charge in [0, 0.05) is 25.3 Å². The molecule has 0 atom stereocenters. The van der Waals surface area contributed by atoms with Gasteiger partial charge in [0.05, 0.1) is 5.56 Å². The summed E-state index contributed by atoms with van der Waals surface area (Å²) in [6.45, 7) is 5.75. The Bertz CT molecular complexity index is 725. The van der Waals surface area contributed by atoms with Crippen molar-refractivity contribution in [1.29, 1.82) is 0 Å². The molecule has 6 nitrogen and oxygen atoms in total. The van der Waals surface area contributed by atoms with Gasteiger partial charge in [0.15, 0.2) is 5.82 Å². The van der Waals surface area contributed by atoms with Gasteiger partial charge in [0.1, 0.15) is 5.75 Å². The van der Waals surface area contributed by atoms with Gasteiger partial charge in [-0.2, -0.15) is 5.10 Å². The summed E-state index contributed by atoms with van der Waals surface area (Å²) < 4.78 is 0. The van der Waals surface area contributed by atoms with Crippen molar-refractivity contribution in [3.63, 3.8) is 0 Å². The van der Waals surface area contributed by atoms with Crippen LogP contribution in [0.2, 0.25) is 0 Å². The predicted octanol–water partition coefficient (Wildman–Crippen LogP) is 2.70. The molecule has 3 rings (SSSR count). The molecule has 1 saturated heterocycles. The molecule has 2 aromatic rings. The van der Waals surface area contributed by atoms with E-state index in [2.05, 4.69) is 34.3 Å². The van der Waals surface area contributed by atoms with Gasteiger partial charge in [-0.1, -0.05) is 19.9 Å². The maximum Gasteiger partial charge on any atom is 0.255 e. The normalized spacial score (nSPS) is 15.4. The van der Waals surface area contributed by atoms with Crippen LogP contribution >= 0.6 is 0 Å². The molecule has 1 fully saturated rings. The number of carbonyl (C=O) groups excluding carboxylic acids is 1. The number of phenolic OH excluding ortho intramolecular Hbond substituents is 1. The van der Waals surface area contributed by atoms with Crippen molar-refractivity contribution in [2.75, 3.05) is 18.0 Å². The van der Waals surface area contributed by atoms with Gasteiger partial charge < -0.3 is 15.3 Å². The number of benzene rings is 1. The smallest absolute Gasteiger partial charge is 0.255 e. The van der Waals surface area contributed by atoms with E-state index in [1.165, 1.54) is 0 Å². The highest BCUT2D eigenvalue weighted by Gasteiger charge is 2.23. The summed E-state index contributed by atoms with van der Waals surface area (Å²) in [5.74, 6) is 1.01. The van der Waals surface area contributed by atoms with Gasteiger partial charge in [0.2, 0.25) is 0 Å². The van der Waals surface area contributed by atoms with Crippen LogP contribution in [0.5, 0.6) is 5.75 Å². The Morgan fingerprint density at radius 3 is 2.64 bits per heavy atom. The molecule has 2 N–H and O–H groups in total. The van der Waals surface area contributed by atoms with E-state index in [9.17, 15) is 9.90 Å². The summed E-state index contributed by atoms with van der Waals surface area (Å²) in [5.41, 5.74) is 1.35. The quantitative estimate of drug-likeness (QED) is 0.895. The number of rotatable bonds is 4. The molecule has 0 aliphatic carbocycles. The molecule has 25 heavy (non-hydrogen) atoms. The lowest BCUT2D eigenvalue weighted by molar-refractivity contribution is 0.0928. The Morgan fingerprint density at radius 2 is 2.04 bits per heavy atom. The van der Waals surface area contributed by atoms with Gasteiger partial charge in [-0.15, -0.1) is 5.10 Å². The first-order chi connectivity index (χ1) is 12.0. The number of anilines is 1. The van der Waals surface area contributed by atoms with E-state index in [-0.39, 0.29) is 17.7 Å². The van der Waals surface area contributed by atoms with Gasteiger partial charge in [-0.3, -0.25) is 4.79 Å². The molecule has 1 aromatic carbocycles. The van der Waals surface area contributed by atoms with Crippen molar-refractivity contribution in [2.45, 2.75) is 38.6 Å². The average molecular weight is 340 g/mol. The molecule has 0 spiro atoms. The summed E-state index contributed by atoms with van der Waals surface area (Å²) in [6.07, 6.45) is 3.34. The first-order valence-electron chi connectivity index (χ1n) is 8.71. The Labute approximate surface area is 147 Å². The van der Waals surface area contributed by atoms with E-state index in [0.29, 0.717) is 11.5 Å². The lowest BCUT2D eigenvalue weighted by atomic mass is 10.00. The van der Waals surface area contributed by atoms with E-state index < -0.39 is 0 Å². The van der Waals surface area contributed by atoms with Crippen LogP contribution in [0, 0.1) is 0 Å². The summed E-state index contributed by atoms with van der Waals surface area (Å²) in [4.78, 5) is 14.6. The molecule has 1 aliphatic heterocycles. The van der Waals surface area contributed by atoms with E-state index in [1.807, 2.05) is 18.2 Å². The molecular weight excluding hydrogens is 316 g/mol. The second kappa shape index (κ2) is 7.51. The SMILES string of the molecule is CC(C)c1ccc(C(=O)NC2CCN(c3cccnn3)CC2)c(O)c1. The van der Waals surface area contributed by atoms with Gasteiger partial charge >= 0.3 is 0 Å². The molecule has 1 amide bonds. The van der Waals surface area contributed by atoms with E-state index >= 15 is 0 Å². The third-order valence-corrected chi connectivity index (χ3v) is 4.65. The second-order valence-corrected chi connectivity index (χ2v) is 6.75. The number of aromatic hydroxyl groups is 1. The van der Waals surface area contributed by atoms with Gasteiger partial charge in [0.25, 0.3) is 5.91 Å². The summed E-state index contributed by atoms with van der Waals surface area (Å²) in [7, 11) is 0. The molecule has 6 heteroatoms. The minimum Gasteiger partial charge on any atom is -0.507 e. The lowest BCUT2D eigenvalue weighted by Crippen LogP contribution is -2.45. The number of nitrogens with zero attached hydrogens (tertiary/aromatic N) is 3. The van der Waals surface area contributed by atoms with Crippen molar-refractivity contribution in [2.24, 2.45) is 0 Å². The lowest BCUT2D eigenvalue weighted by Gasteiger charge is -2.32. The zero-order chi connectivity index (χ0) is 17.8. The molecule has 132 valence electrons. The largest absolute Gasteiger partial charge is 0.507 e. The topological polar surface area (TPSA) is 78.4 Å². The van der Waals surface area contributed by atoms with Crippen LogP contribution in [0.1, 0.15) is 48.5 Å². The van der Waals surface area contributed by atoms with Gasteiger partial charge in [-0.25, -0.2) is 0 Å². The van der Waals surface area contributed by atoms with E-state index in [1.54, 1.807) is 18.3 Å². The fourth-order valence-corrected chi connectivity index (χ4v) is 3.08. The molecule has 0 bridgehead atoms. The monoisotopic (exact) mass is 340 g/mol. The fourth-order valence-electron chi connectivity index (χ4n) is 3.08. The number of phenols is 1. The molecule has 2 heterocycles. The first-order valence-corrected chi connectivity index (χ1v) is 8.71. The Kier molecular flexibility index (Phi) is 5.16. The number of hydrogen-bond donors (Lipinski definition) is 2. The van der Waals surface area contributed by atoms with Crippen LogP contribution in [-0.4, -0.2) is 40.3 Å². The number of piperidine rings is 1. The second-order valence-electron chi connectivity index (χ2n) is 6.75. The number of aromatic nitrogens is 2. The highest BCUT2D eigenvalue weighted by molar-refractivity contribution is 5.97. The van der Waals surface area contributed by atoms with Crippen molar-refractivity contribution in [1.82, 2.24) is 15.5 Å². The van der Waals surface area contributed by atoms with Crippen molar-refractivity contribution in [3.8, 4) is 5.75 Å². The van der Waals surface area contributed by atoms with Crippen molar-refractivity contribution >= 4 is 11.7 Å². The van der Waals surface area contributed by atoms with Crippen LogP contribution < -0.4 is 10.2 Å². The van der Waals surface area contributed by atoms with Crippen LogP contribution in [0.4, 0.5) is 5.82 Å². The highest BCUT2D eigenvalue weighted by atomic mass is 16.3. The Morgan fingerprint density at radius 1 is 1.28 bits per heavy atom. The highest BCUT2D eigenvalue weighted by Crippen LogP contribution is 2.24. The zero-order valence-corrected chi connectivity index (χ0v) is 14.6. The number of amides is 1. The first kappa shape index (κ1) is 17.2. The summed E-state index contributed by atoms with van der Waals surface area (Å²) in [5, 5.41) is 21.2. The number of hydrogen-bond acceptors (Lipinski definition) is 5. The Balaban J connectivity index is 1.58. The third-order valence-electron chi connectivity index (χ3n) is 4.65. The molecular formula is C19H24N4O2. The number of nitrogens with one attached hydrogen (secondary N) is 1. The third kappa shape index (κ3) is 4.07. The minimum absolute atomic E-state index is 0.0423. The maximum absolute atomic E-state index is 12.5. The zero-order valence-electron chi connectivity index (χ0n) is 14.6. The van der Waals surface area contributed by atoms with Crippen LogP contribution in [0.15, 0.2) is 36.5 Å². The summed E-state index contributed by atoms with van der Waals surface area (Å²) >= 11 is 0. The van der Waals surface area contributed by atoms with Crippen LogP contribution in [0.3, 0.4) is 0 Å². The predicted molar refractivity (Wildman–Crippen MR) is 96.9 cm³/mol. The average Bonchev–Trinajstić information content (AvgIpc) is 2.62. The maximum atomic E-state index is 12.5. The van der Waals surface area contributed by atoms with Crippen molar-refractivity contribution < 1.29 is 9.90 Å². The van der Waals surface area contributed by atoms with E-state index in [4.69, 9.17) is 0 Å². The van der Waals surface area contributed by atoms with E-state index in [0.717, 1.165) is 37.3 Å².